The predicted molar refractivity (Wildman–Crippen MR) is 187 cm³/mol. The van der Waals surface area contributed by atoms with Crippen molar-refractivity contribution in [3.8, 4) is 16.9 Å². The molecular weight excluding hydrogens is 619 g/mol. The highest BCUT2D eigenvalue weighted by Crippen LogP contribution is 2.31. The summed E-state index contributed by atoms with van der Waals surface area (Å²) in [5.41, 5.74) is 14.6. The number of aromatic nitrogens is 4. The molecule has 2 aromatic carbocycles. The first-order valence-electron chi connectivity index (χ1n) is 15.6. The van der Waals surface area contributed by atoms with E-state index < -0.39 is 11.5 Å². The van der Waals surface area contributed by atoms with Crippen LogP contribution in [0.15, 0.2) is 77.9 Å². The van der Waals surface area contributed by atoms with E-state index in [1.165, 1.54) is 4.57 Å². The van der Waals surface area contributed by atoms with Crippen LogP contribution in [0.25, 0.3) is 28.0 Å². The number of halogens is 2. The van der Waals surface area contributed by atoms with E-state index in [2.05, 4.69) is 30.9 Å². The highest BCUT2D eigenvalue weighted by molar-refractivity contribution is 6.31. The summed E-state index contributed by atoms with van der Waals surface area (Å²) in [4.78, 5) is 24.7. The van der Waals surface area contributed by atoms with Crippen LogP contribution in [0.2, 0.25) is 5.02 Å². The van der Waals surface area contributed by atoms with Crippen molar-refractivity contribution >= 4 is 34.4 Å². The number of guanidine groups is 1. The number of anilines is 1. The summed E-state index contributed by atoms with van der Waals surface area (Å²) in [6.45, 7) is 3.72. The Morgan fingerprint density at radius 3 is 2.66 bits per heavy atom. The van der Waals surface area contributed by atoms with E-state index in [1.807, 2.05) is 49.4 Å². The average Bonchev–Trinajstić information content (AvgIpc) is 3.46. The van der Waals surface area contributed by atoms with Crippen molar-refractivity contribution in [3.63, 3.8) is 0 Å². The summed E-state index contributed by atoms with van der Waals surface area (Å²) in [5, 5.41) is 17.9. The van der Waals surface area contributed by atoms with Gasteiger partial charge < -0.3 is 32.4 Å². The first kappa shape index (κ1) is 33.6. The van der Waals surface area contributed by atoms with Gasteiger partial charge in [0.25, 0.3) is 0 Å². The molecule has 47 heavy (non-hydrogen) atoms. The highest BCUT2D eigenvalue weighted by atomic mass is 35.5. The molecule has 0 aliphatic heterocycles. The lowest BCUT2D eigenvalue weighted by molar-refractivity contribution is 0.493. The average molecular weight is 659 g/mol. The molecule has 0 bridgehead atoms. The lowest BCUT2D eigenvalue weighted by atomic mass is 10.0. The number of pyridine rings is 1. The Hall–Kier alpha value is -4.78. The number of hydrogen-bond acceptors (Lipinski definition) is 7. The number of aromatic amines is 1. The number of hydrogen-bond donors (Lipinski definition) is 7. The molecular formula is C34H40ClFN10O. The number of benzene rings is 2. The number of H-pyrrole nitrogens is 1. The van der Waals surface area contributed by atoms with E-state index in [0.29, 0.717) is 47.6 Å². The molecule has 0 aliphatic carbocycles. The smallest absolute Gasteiger partial charge is 0.354 e. The van der Waals surface area contributed by atoms with Gasteiger partial charge in [-0.15, -0.1) is 0 Å². The largest absolute Gasteiger partial charge is 0.370 e. The summed E-state index contributed by atoms with van der Waals surface area (Å²) in [6.07, 6.45) is 6.61. The second-order valence-electron chi connectivity index (χ2n) is 11.7. The number of rotatable bonds is 15. The standard InChI is InChI=1S/C34H40ClFN10O/c1-21(37)5-4-6-23-15-27(31(36)28(35)16-23)29-17-24-20-46(34(47)45-32(24)44-29)26-10-8-22(9-11-26)18-42-25(12-14-41-33(38)39)19-43-30-7-2-3-13-40-30/h2-3,7-11,13,15-17,20-21,25,42H,4-6,12,14,18-19,37H2,1H3,(H,40,43)(H4,38,39,41)(H,44,45,47)/t21-,25+/m0/s1. The van der Waals surface area contributed by atoms with Gasteiger partial charge >= 0.3 is 5.69 Å². The van der Waals surface area contributed by atoms with Crippen LogP contribution in [0.1, 0.15) is 37.3 Å². The van der Waals surface area contributed by atoms with Gasteiger partial charge in [-0.25, -0.2) is 14.2 Å². The Balaban J connectivity index is 1.29. The third kappa shape index (κ3) is 9.16. The minimum Gasteiger partial charge on any atom is -0.370 e. The number of nitrogens with one attached hydrogen (secondary N) is 5. The zero-order chi connectivity index (χ0) is 33.3. The molecule has 11 nitrogen and oxygen atoms in total. The van der Waals surface area contributed by atoms with Gasteiger partial charge in [0.05, 0.1) is 16.4 Å². The minimum atomic E-state index is -0.529. The summed E-state index contributed by atoms with van der Waals surface area (Å²) in [6, 6.07) is 18.7. The first-order valence-corrected chi connectivity index (χ1v) is 16.0. The van der Waals surface area contributed by atoms with Gasteiger partial charge in [-0.2, -0.15) is 4.98 Å². The summed E-state index contributed by atoms with van der Waals surface area (Å²) in [5.74, 6) is 0.188. The van der Waals surface area contributed by atoms with Gasteiger partial charge in [-0.05, 0) is 86.2 Å². The van der Waals surface area contributed by atoms with Gasteiger partial charge in [0.2, 0.25) is 0 Å². The molecule has 0 unspecified atom stereocenters. The van der Waals surface area contributed by atoms with E-state index in [1.54, 1.807) is 30.6 Å². The molecule has 0 radical (unpaired) electrons. The quantitative estimate of drug-likeness (QED) is 0.0627. The lowest BCUT2D eigenvalue weighted by Gasteiger charge is -2.20. The molecule has 0 spiro atoms. The summed E-state index contributed by atoms with van der Waals surface area (Å²) in [7, 11) is 0. The van der Waals surface area contributed by atoms with Crippen LogP contribution < -0.4 is 33.1 Å². The summed E-state index contributed by atoms with van der Waals surface area (Å²) < 4.78 is 16.6. The van der Waals surface area contributed by atoms with Crippen molar-refractivity contribution in [2.75, 3.05) is 18.4 Å². The van der Waals surface area contributed by atoms with E-state index in [-0.39, 0.29) is 23.1 Å². The Bertz CT molecular complexity index is 1860. The van der Waals surface area contributed by atoms with Crippen LogP contribution in [0.4, 0.5) is 10.2 Å². The fraction of sp³-hybridized carbons (Fsp3) is 0.294. The van der Waals surface area contributed by atoms with Crippen LogP contribution >= 0.6 is 11.6 Å². The van der Waals surface area contributed by atoms with Crippen LogP contribution in [-0.4, -0.2) is 50.7 Å². The zero-order valence-electron chi connectivity index (χ0n) is 26.2. The molecule has 5 aromatic rings. The fourth-order valence-electron chi connectivity index (χ4n) is 5.33. The molecule has 0 saturated heterocycles. The van der Waals surface area contributed by atoms with Gasteiger partial charge in [0.15, 0.2) is 11.8 Å². The van der Waals surface area contributed by atoms with Gasteiger partial charge in [0, 0.05) is 55.1 Å². The number of nitrogens with zero attached hydrogens (tertiary/aromatic N) is 3. The van der Waals surface area contributed by atoms with Crippen molar-refractivity contribution in [1.82, 2.24) is 30.2 Å². The maximum atomic E-state index is 15.1. The van der Waals surface area contributed by atoms with E-state index in [4.69, 9.17) is 28.5 Å². The van der Waals surface area contributed by atoms with Crippen molar-refractivity contribution in [3.05, 3.63) is 106 Å². The monoisotopic (exact) mass is 658 g/mol. The van der Waals surface area contributed by atoms with Crippen molar-refractivity contribution in [1.29, 1.82) is 5.41 Å². The van der Waals surface area contributed by atoms with Gasteiger partial charge in [0.1, 0.15) is 11.5 Å². The van der Waals surface area contributed by atoms with Crippen molar-refractivity contribution in [2.24, 2.45) is 11.5 Å². The van der Waals surface area contributed by atoms with Crippen LogP contribution in [0.3, 0.4) is 0 Å². The maximum absolute atomic E-state index is 15.1. The van der Waals surface area contributed by atoms with Crippen molar-refractivity contribution in [2.45, 2.75) is 51.2 Å². The van der Waals surface area contributed by atoms with E-state index in [0.717, 1.165) is 42.6 Å². The molecule has 246 valence electrons. The SMILES string of the molecule is C[C@H](N)CCCc1cc(Cl)c(F)c(-c2cc3cn(-c4ccc(CN[C@H](CCNC(=N)N)CNc5ccccn5)cc4)c(=O)nc3[nH]2)c1. The van der Waals surface area contributed by atoms with Crippen LogP contribution in [-0.2, 0) is 13.0 Å². The zero-order valence-corrected chi connectivity index (χ0v) is 26.9. The van der Waals surface area contributed by atoms with E-state index in [9.17, 15) is 4.79 Å². The lowest BCUT2D eigenvalue weighted by Crippen LogP contribution is -2.40. The van der Waals surface area contributed by atoms with Crippen LogP contribution in [0, 0.1) is 11.2 Å². The molecule has 0 aliphatic rings. The highest BCUT2D eigenvalue weighted by Gasteiger charge is 2.16. The molecule has 0 fully saturated rings. The van der Waals surface area contributed by atoms with Gasteiger partial charge in [-0.1, -0.05) is 29.8 Å². The third-order valence-electron chi connectivity index (χ3n) is 7.82. The Labute approximate surface area is 277 Å². The summed E-state index contributed by atoms with van der Waals surface area (Å²) >= 11 is 6.26. The third-order valence-corrected chi connectivity index (χ3v) is 8.10. The first-order chi connectivity index (χ1) is 22.7. The minimum absolute atomic E-state index is 0.0441. The van der Waals surface area contributed by atoms with Crippen molar-refractivity contribution < 1.29 is 4.39 Å². The molecule has 9 N–H and O–H groups in total. The molecule has 3 aromatic heterocycles. The number of fused-ring (bicyclic) bond motifs is 1. The Morgan fingerprint density at radius 2 is 1.94 bits per heavy atom. The number of aryl methyl sites for hydroxylation is 1. The molecule has 5 rings (SSSR count). The Kier molecular flexibility index (Phi) is 11.2. The maximum Gasteiger partial charge on any atom is 0.354 e. The molecule has 2 atom stereocenters. The predicted octanol–water partition coefficient (Wildman–Crippen LogP) is 4.68. The Morgan fingerprint density at radius 1 is 1.13 bits per heavy atom. The molecule has 3 heterocycles. The van der Waals surface area contributed by atoms with E-state index >= 15 is 4.39 Å². The second kappa shape index (κ2) is 15.7. The molecule has 0 saturated carbocycles. The van der Waals surface area contributed by atoms with Gasteiger partial charge in [-0.3, -0.25) is 9.98 Å². The fourth-order valence-corrected chi connectivity index (χ4v) is 5.57. The topological polar surface area (TPSA) is 176 Å². The molecule has 0 amide bonds. The number of nitrogens with two attached hydrogens (primary N) is 2. The molecule has 13 heteroatoms. The normalized spacial score (nSPS) is 12.6. The van der Waals surface area contributed by atoms with Crippen LogP contribution in [0.5, 0.6) is 0 Å². The second-order valence-corrected chi connectivity index (χ2v) is 12.1.